The lowest BCUT2D eigenvalue weighted by Crippen LogP contribution is -2.13. The number of nitrogens with one attached hydrogen (secondary N) is 1. The van der Waals surface area contributed by atoms with Gasteiger partial charge in [0.2, 0.25) is 0 Å². The fraction of sp³-hybridized carbons (Fsp3) is 1.00. The molecule has 74 valence electrons. The molecular weight excluding hydrogens is 146 g/mol. The van der Waals surface area contributed by atoms with Crippen LogP contribution in [0.5, 0.6) is 0 Å². The molecule has 0 aromatic rings. The van der Waals surface area contributed by atoms with Gasteiger partial charge in [0.15, 0.2) is 0 Å². The maximum absolute atomic E-state index is 7.00. The highest BCUT2D eigenvalue weighted by molar-refractivity contribution is 4.47. The van der Waals surface area contributed by atoms with E-state index < -0.39 is 6.85 Å². The zero-order valence-corrected chi connectivity index (χ0v) is 8.36. The van der Waals surface area contributed by atoms with Gasteiger partial charge in [0.05, 0.1) is 0 Å². The topological polar surface area (TPSA) is 12.0 Å². The SMILES string of the molecule is [2H]C([2H])([2H])CNCCCCCCCCC. The van der Waals surface area contributed by atoms with E-state index in [2.05, 4.69) is 12.2 Å². The zero-order valence-electron chi connectivity index (χ0n) is 11.4. The highest BCUT2D eigenvalue weighted by atomic mass is 14.8. The summed E-state index contributed by atoms with van der Waals surface area (Å²) in [6.45, 7) is 1.38. The minimum Gasteiger partial charge on any atom is -0.317 e. The summed E-state index contributed by atoms with van der Waals surface area (Å²) in [5.74, 6) is 0. The van der Waals surface area contributed by atoms with Crippen LogP contribution in [0.1, 0.15) is 62.8 Å². The van der Waals surface area contributed by atoms with Gasteiger partial charge in [0, 0.05) is 4.11 Å². The lowest BCUT2D eigenvalue weighted by Gasteiger charge is -2.01. The van der Waals surface area contributed by atoms with Crippen LogP contribution < -0.4 is 5.32 Å². The fourth-order valence-electron chi connectivity index (χ4n) is 1.30. The van der Waals surface area contributed by atoms with Gasteiger partial charge in [0.1, 0.15) is 0 Å². The maximum Gasteiger partial charge on any atom is 0.0243 e. The second-order valence-corrected chi connectivity index (χ2v) is 3.30. The standard InChI is InChI=1S/C11H25N/c1-3-5-6-7-8-9-10-11-12-4-2/h12H,3-11H2,1-2H3/i2D3. The lowest BCUT2D eigenvalue weighted by molar-refractivity contribution is 0.569. The molecule has 0 aliphatic heterocycles. The molecule has 0 saturated carbocycles. The fourth-order valence-corrected chi connectivity index (χ4v) is 1.30. The normalized spacial score (nSPS) is 15.2. The molecule has 1 nitrogen and oxygen atoms in total. The first-order chi connectivity index (χ1) is 7.06. The van der Waals surface area contributed by atoms with Crippen molar-refractivity contribution in [3.05, 3.63) is 0 Å². The Labute approximate surface area is 82.2 Å². The molecular formula is C11H25N. The van der Waals surface area contributed by atoms with Crippen LogP contribution in [-0.2, 0) is 0 Å². The van der Waals surface area contributed by atoms with E-state index in [-0.39, 0.29) is 6.54 Å². The third kappa shape index (κ3) is 9.96. The monoisotopic (exact) mass is 174 g/mol. The van der Waals surface area contributed by atoms with Crippen molar-refractivity contribution in [3.63, 3.8) is 0 Å². The molecule has 0 spiro atoms. The molecule has 12 heavy (non-hydrogen) atoms. The molecule has 0 aliphatic carbocycles. The molecule has 0 rings (SSSR count). The predicted molar refractivity (Wildman–Crippen MR) is 56.5 cm³/mol. The Morgan fingerprint density at radius 1 is 1.00 bits per heavy atom. The van der Waals surface area contributed by atoms with E-state index >= 15 is 0 Å². The number of hydrogen-bond acceptors (Lipinski definition) is 1. The van der Waals surface area contributed by atoms with Gasteiger partial charge in [-0.15, -0.1) is 0 Å². The van der Waals surface area contributed by atoms with Crippen molar-refractivity contribution >= 4 is 0 Å². The largest absolute Gasteiger partial charge is 0.317 e. The van der Waals surface area contributed by atoms with E-state index in [0.29, 0.717) is 0 Å². The Bertz CT molecular complexity index is 134. The summed E-state index contributed by atoms with van der Waals surface area (Å²) in [4.78, 5) is 0. The van der Waals surface area contributed by atoms with Crippen molar-refractivity contribution in [2.45, 2.75) is 58.7 Å². The number of unbranched alkanes of at least 4 members (excludes halogenated alkanes) is 6. The molecule has 0 saturated heterocycles. The Morgan fingerprint density at radius 3 is 2.33 bits per heavy atom. The Balaban J connectivity index is 2.99. The van der Waals surface area contributed by atoms with E-state index in [1.807, 2.05) is 0 Å². The highest BCUT2D eigenvalue weighted by Crippen LogP contribution is 2.05. The minimum absolute atomic E-state index is 0.142. The van der Waals surface area contributed by atoms with E-state index in [1.165, 1.54) is 38.5 Å². The number of hydrogen-bond donors (Lipinski definition) is 1. The molecule has 1 N–H and O–H groups in total. The molecule has 1 heteroatoms. The second kappa shape index (κ2) is 11.0. The summed E-state index contributed by atoms with van der Waals surface area (Å²) in [5.41, 5.74) is 0. The van der Waals surface area contributed by atoms with E-state index in [0.717, 1.165) is 13.0 Å². The average Bonchev–Trinajstić information content (AvgIpc) is 2.14. The maximum atomic E-state index is 7.00. The molecule has 0 heterocycles. The van der Waals surface area contributed by atoms with Crippen molar-refractivity contribution in [1.29, 1.82) is 0 Å². The van der Waals surface area contributed by atoms with Crippen LogP contribution in [0.2, 0.25) is 0 Å². The molecule has 0 aromatic heterocycles. The van der Waals surface area contributed by atoms with Crippen molar-refractivity contribution in [2.75, 3.05) is 13.1 Å². The Hall–Kier alpha value is -0.0400. The van der Waals surface area contributed by atoms with Crippen molar-refractivity contribution < 1.29 is 4.11 Å². The molecule has 0 fully saturated rings. The molecule has 0 aromatic carbocycles. The van der Waals surface area contributed by atoms with Gasteiger partial charge in [-0.2, -0.15) is 0 Å². The summed E-state index contributed by atoms with van der Waals surface area (Å²) in [7, 11) is 0. The Kier molecular flexibility index (Phi) is 6.73. The van der Waals surface area contributed by atoms with E-state index in [9.17, 15) is 0 Å². The first kappa shape index (κ1) is 7.37. The summed E-state index contributed by atoms with van der Waals surface area (Å²) < 4.78 is 21.0. The van der Waals surface area contributed by atoms with Gasteiger partial charge in [-0.25, -0.2) is 0 Å². The van der Waals surface area contributed by atoms with Crippen LogP contribution in [0, 0.1) is 0 Å². The first-order valence-corrected chi connectivity index (χ1v) is 5.27. The quantitative estimate of drug-likeness (QED) is 0.529. The van der Waals surface area contributed by atoms with Gasteiger partial charge in [-0.1, -0.05) is 52.3 Å². The lowest BCUT2D eigenvalue weighted by atomic mass is 10.1. The van der Waals surface area contributed by atoms with E-state index in [4.69, 9.17) is 4.11 Å². The van der Waals surface area contributed by atoms with Crippen molar-refractivity contribution in [1.82, 2.24) is 5.32 Å². The third-order valence-corrected chi connectivity index (χ3v) is 2.08. The van der Waals surface area contributed by atoms with E-state index in [1.54, 1.807) is 0 Å². The van der Waals surface area contributed by atoms with Gasteiger partial charge < -0.3 is 5.32 Å². The number of rotatable bonds is 9. The van der Waals surface area contributed by atoms with Crippen LogP contribution in [0.25, 0.3) is 0 Å². The summed E-state index contributed by atoms with van der Waals surface area (Å²) in [6.07, 6.45) is 8.92. The third-order valence-electron chi connectivity index (χ3n) is 2.08. The predicted octanol–water partition coefficient (Wildman–Crippen LogP) is 3.35. The van der Waals surface area contributed by atoms with Gasteiger partial charge in [0.25, 0.3) is 0 Å². The summed E-state index contributed by atoms with van der Waals surface area (Å²) in [5, 5.41) is 2.96. The Morgan fingerprint density at radius 2 is 1.67 bits per heavy atom. The van der Waals surface area contributed by atoms with Crippen LogP contribution in [0.4, 0.5) is 0 Å². The summed E-state index contributed by atoms with van der Waals surface area (Å²) in [6, 6.07) is 0. The molecule has 0 amide bonds. The molecule has 0 bridgehead atoms. The minimum atomic E-state index is -1.82. The smallest absolute Gasteiger partial charge is 0.0243 e. The first-order valence-electron chi connectivity index (χ1n) is 6.77. The van der Waals surface area contributed by atoms with Crippen LogP contribution in [0.3, 0.4) is 0 Å². The summed E-state index contributed by atoms with van der Waals surface area (Å²) >= 11 is 0. The zero-order chi connectivity index (χ0) is 11.6. The molecule has 0 atom stereocenters. The highest BCUT2D eigenvalue weighted by Gasteiger charge is 1.89. The van der Waals surface area contributed by atoms with Crippen molar-refractivity contribution in [2.24, 2.45) is 0 Å². The second-order valence-electron chi connectivity index (χ2n) is 3.30. The molecule has 0 unspecified atom stereocenters. The molecule has 0 radical (unpaired) electrons. The van der Waals surface area contributed by atoms with Crippen LogP contribution in [0.15, 0.2) is 0 Å². The molecule has 0 aliphatic rings. The van der Waals surface area contributed by atoms with Gasteiger partial charge >= 0.3 is 0 Å². The van der Waals surface area contributed by atoms with Crippen LogP contribution >= 0.6 is 0 Å². The van der Waals surface area contributed by atoms with Gasteiger partial charge in [-0.3, -0.25) is 0 Å². The average molecular weight is 174 g/mol. The van der Waals surface area contributed by atoms with Crippen molar-refractivity contribution in [3.8, 4) is 0 Å². The van der Waals surface area contributed by atoms with Gasteiger partial charge in [-0.05, 0) is 19.5 Å². The van der Waals surface area contributed by atoms with Crippen LogP contribution in [-0.4, -0.2) is 13.1 Å².